The normalized spacial score (nSPS) is 29.2. The standard InChI is InChI=1S/C15H27N3O2/c1-3-6-13-15(20)18(10-8-14(19)16-13)11-12-7-4-5-9-17(12)2/h12-13H,3-11H2,1-2H3,(H,16,19). The lowest BCUT2D eigenvalue weighted by atomic mass is 10.0. The van der Waals surface area contributed by atoms with Gasteiger partial charge in [-0.1, -0.05) is 19.8 Å². The smallest absolute Gasteiger partial charge is 0.245 e. The number of likely N-dealkylation sites (N-methyl/N-ethyl adjacent to an activating group) is 1. The van der Waals surface area contributed by atoms with Gasteiger partial charge in [0, 0.05) is 25.6 Å². The molecule has 2 unspecified atom stereocenters. The molecule has 0 saturated carbocycles. The van der Waals surface area contributed by atoms with E-state index in [0.717, 1.165) is 32.4 Å². The van der Waals surface area contributed by atoms with Gasteiger partial charge in [-0.3, -0.25) is 9.59 Å². The molecule has 2 aliphatic heterocycles. The first-order chi connectivity index (χ1) is 9.61. The second-order valence-electron chi connectivity index (χ2n) is 6.07. The van der Waals surface area contributed by atoms with Crippen molar-refractivity contribution in [3.8, 4) is 0 Å². The van der Waals surface area contributed by atoms with Crippen LogP contribution in [0.2, 0.25) is 0 Å². The van der Waals surface area contributed by atoms with Gasteiger partial charge in [0.1, 0.15) is 6.04 Å². The Kier molecular flexibility index (Phi) is 5.40. The predicted molar refractivity (Wildman–Crippen MR) is 78.3 cm³/mol. The average molecular weight is 281 g/mol. The minimum absolute atomic E-state index is 0.0105. The number of nitrogens with one attached hydrogen (secondary N) is 1. The molecule has 5 nitrogen and oxygen atoms in total. The van der Waals surface area contributed by atoms with Gasteiger partial charge in [0.05, 0.1) is 0 Å². The van der Waals surface area contributed by atoms with Crippen LogP contribution in [0.15, 0.2) is 0 Å². The number of nitrogens with zero attached hydrogens (tertiary/aromatic N) is 2. The zero-order valence-corrected chi connectivity index (χ0v) is 12.7. The van der Waals surface area contributed by atoms with Crippen molar-refractivity contribution >= 4 is 11.8 Å². The number of amides is 2. The van der Waals surface area contributed by atoms with Crippen LogP contribution < -0.4 is 5.32 Å². The Morgan fingerprint density at radius 2 is 2.05 bits per heavy atom. The molecule has 1 N–H and O–H groups in total. The van der Waals surface area contributed by atoms with Crippen LogP contribution in [0.3, 0.4) is 0 Å². The largest absolute Gasteiger partial charge is 0.344 e. The maximum Gasteiger partial charge on any atom is 0.245 e. The third kappa shape index (κ3) is 3.72. The number of hydrogen-bond donors (Lipinski definition) is 1. The molecule has 2 heterocycles. The van der Waals surface area contributed by atoms with Crippen LogP contribution in [0.4, 0.5) is 0 Å². The van der Waals surface area contributed by atoms with Crippen molar-refractivity contribution < 1.29 is 9.59 Å². The van der Waals surface area contributed by atoms with Crippen LogP contribution in [0.25, 0.3) is 0 Å². The number of piperidine rings is 1. The average Bonchev–Trinajstić information content (AvgIpc) is 2.55. The molecule has 2 fully saturated rings. The molecule has 2 aliphatic rings. The van der Waals surface area contributed by atoms with Crippen molar-refractivity contribution in [1.29, 1.82) is 0 Å². The second-order valence-corrected chi connectivity index (χ2v) is 6.07. The van der Waals surface area contributed by atoms with Crippen molar-refractivity contribution in [3.63, 3.8) is 0 Å². The van der Waals surface area contributed by atoms with E-state index in [1.54, 1.807) is 0 Å². The van der Waals surface area contributed by atoms with Crippen molar-refractivity contribution in [2.75, 3.05) is 26.7 Å². The van der Waals surface area contributed by atoms with Gasteiger partial charge >= 0.3 is 0 Å². The Morgan fingerprint density at radius 3 is 2.75 bits per heavy atom. The topological polar surface area (TPSA) is 52.7 Å². The summed E-state index contributed by atoms with van der Waals surface area (Å²) in [6.45, 7) is 4.49. The minimum Gasteiger partial charge on any atom is -0.344 e. The van der Waals surface area contributed by atoms with Crippen LogP contribution >= 0.6 is 0 Å². The predicted octanol–water partition coefficient (Wildman–Crippen LogP) is 0.988. The zero-order chi connectivity index (χ0) is 14.5. The molecule has 0 aromatic rings. The number of rotatable bonds is 4. The summed E-state index contributed by atoms with van der Waals surface area (Å²) in [4.78, 5) is 28.5. The van der Waals surface area contributed by atoms with E-state index >= 15 is 0 Å². The highest BCUT2D eigenvalue weighted by Gasteiger charge is 2.31. The minimum atomic E-state index is -0.316. The van der Waals surface area contributed by atoms with Gasteiger partial charge in [0.25, 0.3) is 0 Å². The van der Waals surface area contributed by atoms with E-state index in [2.05, 4.69) is 17.3 Å². The van der Waals surface area contributed by atoms with E-state index in [1.165, 1.54) is 12.8 Å². The third-order valence-corrected chi connectivity index (χ3v) is 4.48. The summed E-state index contributed by atoms with van der Waals surface area (Å²) >= 11 is 0. The highest BCUT2D eigenvalue weighted by atomic mass is 16.2. The summed E-state index contributed by atoms with van der Waals surface area (Å²) in [5, 5.41) is 2.86. The molecule has 0 bridgehead atoms. The number of carbonyl (C=O) groups is 2. The summed E-state index contributed by atoms with van der Waals surface area (Å²) in [7, 11) is 2.14. The first kappa shape index (κ1) is 15.3. The first-order valence-electron chi connectivity index (χ1n) is 7.90. The fourth-order valence-corrected chi connectivity index (χ4v) is 3.19. The molecule has 2 atom stereocenters. The van der Waals surface area contributed by atoms with E-state index in [0.29, 0.717) is 19.0 Å². The molecule has 2 amide bonds. The van der Waals surface area contributed by atoms with Crippen molar-refractivity contribution in [1.82, 2.24) is 15.1 Å². The van der Waals surface area contributed by atoms with Crippen molar-refractivity contribution in [2.24, 2.45) is 0 Å². The lowest BCUT2D eigenvalue weighted by Gasteiger charge is -2.36. The van der Waals surface area contributed by atoms with Crippen LogP contribution in [0.1, 0.15) is 45.4 Å². The summed E-state index contributed by atoms with van der Waals surface area (Å²) in [6.07, 6.45) is 5.73. The molecule has 2 saturated heterocycles. The SMILES string of the molecule is CCCC1NC(=O)CCN(CC2CCCCN2C)C1=O. The first-order valence-corrected chi connectivity index (χ1v) is 7.90. The molecule has 0 spiro atoms. The van der Waals surface area contributed by atoms with Crippen LogP contribution in [0, 0.1) is 0 Å². The van der Waals surface area contributed by atoms with E-state index in [1.807, 2.05) is 11.8 Å². The van der Waals surface area contributed by atoms with Crippen molar-refractivity contribution in [2.45, 2.75) is 57.5 Å². The highest BCUT2D eigenvalue weighted by Crippen LogP contribution is 2.18. The van der Waals surface area contributed by atoms with Gasteiger partial charge in [-0.25, -0.2) is 0 Å². The Balaban J connectivity index is 2.00. The van der Waals surface area contributed by atoms with E-state index < -0.39 is 0 Å². The summed E-state index contributed by atoms with van der Waals surface area (Å²) < 4.78 is 0. The molecule has 2 rings (SSSR count). The Labute approximate surface area is 121 Å². The van der Waals surface area contributed by atoms with Gasteiger partial charge < -0.3 is 15.1 Å². The van der Waals surface area contributed by atoms with E-state index in [9.17, 15) is 9.59 Å². The monoisotopic (exact) mass is 281 g/mol. The van der Waals surface area contributed by atoms with Gasteiger partial charge in [-0.15, -0.1) is 0 Å². The lowest BCUT2D eigenvalue weighted by molar-refractivity contribution is -0.134. The lowest BCUT2D eigenvalue weighted by Crippen LogP contribution is -2.50. The summed E-state index contributed by atoms with van der Waals surface area (Å²) in [6, 6.07) is 0.132. The van der Waals surface area contributed by atoms with Crippen LogP contribution in [0.5, 0.6) is 0 Å². The fraction of sp³-hybridized carbons (Fsp3) is 0.867. The molecule has 0 aliphatic carbocycles. The Morgan fingerprint density at radius 1 is 1.25 bits per heavy atom. The molecule has 114 valence electrons. The molecular formula is C15H27N3O2. The zero-order valence-electron chi connectivity index (χ0n) is 12.7. The van der Waals surface area contributed by atoms with Gasteiger partial charge in [-0.2, -0.15) is 0 Å². The number of hydrogen-bond acceptors (Lipinski definition) is 3. The maximum absolute atomic E-state index is 12.6. The molecule has 20 heavy (non-hydrogen) atoms. The fourth-order valence-electron chi connectivity index (χ4n) is 3.19. The Hall–Kier alpha value is -1.10. The maximum atomic E-state index is 12.6. The Bertz CT molecular complexity index is 359. The van der Waals surface area contributed by atoms with E-state index in [4.69, 9.17) is 0 Å². The number of carbonyl (C=O) groups excluding carboxylic acids is 2. The molecule has 0 aromatic carbocycles. The molecule has 5 heteroatoms. The molecule has 0 radical (unpaired) electrons. The van der Waals surface area contributed by atoms with Gasteiger partial charge in [0.2, 0.25) is 11.8 Å². The summed E-state index contributed by atoms with van der Waals surface area (Å²) in [5.74, 6) is 0.118. The van der Waals surface area contributed by atoms with Crippen molar-refractivity contribution in [3.05, 3.63) is 0 Å². The summed E-state index contributed by atoms with van der Waals surface area (Å²) in [5.41, 5.74) is 0. The molecular weight excluding hydrogens is 254 g/mol. The van der Waals surface area contributed by atoms with Gasteiger partial charge in [-0.05, 0) is 32.9 Å². The van der Waals surface area contributed by atoms with Gasteiger partial charge in [0.15, 0.2) is 0 Å². The quantitative estimate of drug-likeness (QED) is 0.836. The number of likely N-dealkylation sites (tertiary alicyclic amines) is 1. The van der Waals surface area contributed by atoms with E-state index in [-0.39, 0.29) is 17.9 Å². The molecule has 0 aromatic heterocycles. The van der Waals surface area contributed by atoms with Crippen LogP contribution in [-0.4, -0.2) is 60.4 Å². The third-order valence-electron chi connectivity index (χ3n) is 4.48. The van der Waals surface area contributed by atoms with Crippen LogP contribution in [-0.2, 0) is 9.59 Å². The highest BCUT2D eigenvalue weighted by molar-refractivity contribution is 5.89. The second kappa shape index (κ2) is 7.07.